The van der Waals surface area contributed by atoms with E-state index in [9.17, 15) is 4.39 Å². The monoisotopic (exact) mass is 344 g/mol. The average Bonchev–Trinajstić information content (AvgIpc) is 2.82. The van der Waals surface area contributed by atoms with E-state index in [1.807, 2.05) is 28.8 Å². The highest BCUT2D eigenvalue weighted by Gasteiger charge is 2.14. The topological polar surface area (TPSA) is 46.5 Å². The lowest BCUT2D eigenvalue weighted by Crippen LogP contribution is -2.01. The van der Waals surface area contributed by atoms with Crippen LogP contribution in [0.1, 0.15) is 5.56 Å². The van der Waals surface area contributed by atoms with Crippen LogP contribution in [-0.4, -0.2) is 19.7 Å². The van der Waals surface area contributed by atoms with E-state index in [0.717, 1.165) is 11.1 Å². The second kappa shape index (κ2) is 5.40. The normalized spacial score (nSPS) is 11.4. The molecular formula is C16H10ClFN4S. The van der Waals surface area contributed by atoms with Gasteiger partial charge in [-0.25, -0.2) is 4.39 Å². The van der Waals surface area contributed by atoms with Crippen LogP contribution in [0, 0.1) is 10.6 Å². The van der Waals surface area contributed by atoms with Crippen LogP contribution in [0.5, 0.6) is 0 Å². The largest absolute Gasteiger partial charge is 0.319 e. The van der Waals surface area contributed by atoms with Gasteiger partial charge in [0.25, 0.3) is 0 Å². The Morgan fingerprint density at radius 1 is 1.17 bits per heavy atom. The van der Waals surface area contributed by atoms with Gasteiger partial charge in [-0.15, -0.1) is 0 Å². The van der Waals surface area contributed by atoms with Crippen LogP contribution in [0.25, 0.3) is 22.1 Å². The molecule has 0 atom stereocenters. The molecule has 23 heavy (non-hydrogen) atoms. The summed E-state index contributed by atoms with van der Waals surface area (Å²) in [5.41, 5.74) is 3.13. The predicted octanol–water partition coefficient (Wildman–Crippen LogP) is 4.48. The van der Waals surface area contributed by atoms with Crippen LogP contribution >= 0.6 is 23.8 Å². The molecule has 0 aliphatic rings. The molecule has 1 N–H and O–H groups in total. The van der Waals surface area contributed by atoms with Gasteiger partial charge in [0.15, 0.2) is 5.65 Å². The summed E-state index contributed by atoms with van der Waals surface area (Å²) in [7, 11) is 0. The molecule has 0 saturated heterocycles. The van der Waals surface area contributed by atoms with Crippen molar-refractivity contribution in [1.82, 2.24) is 19.7 Å². The Labute approximate surface area is 140 Å². The van der Waals surface area contributed by atoms with E-state index in [1.54, 1.807) is 6.07 Å². The van der Waals surface area contributed by atoms with Gasteiger partial charge >= 0.3 is 0 Å². The number of nitrogens with one attached hydrogen (secondary N) is 1. The van der Waals surface area contributed by atoms with E-state index in [-0.39, 0.29) is 10.6 Å². The number of halogens is 2. The molecule has 0 amide bonds. The van der Waals surface area contributed by atoms with Crippen molar-refractivity contribution < 1.29 is 4.39 Å². The van der Waals surface area contributed by atoms with Crippen molar-refractivity contribution in [3.63, 3.8) is 0 Å². The zero-order chi connectivity index (χ0) is 16.0. The molecule has 0 spiro atoms. The summed E-state index contributed by atoms with van der Waals surface area (Å²) >= 11 is 11.0. The van der Waals surface area contributed by atoms with Gasteiger partial charge in [0.2, 0.25) is 4.77 Å². The number of hydrogen-bond donors (Lipinski definition) is 1. The zero-order valence-corrected chi connectivity index (χ0v) is 13.3. The minimum Gasteiger partial charge on any atom is -0.319 e. The molecule has 0 aliphatic carbocycles. The number of benzene rings is 2. The fourth-order valence-corrected chi connectivity index (χ4v) is 2.93. The molecule has 0 unspecified atom stereocenters. The Hall–Kier alpha value is -2.31. The third-order valence-electron chi connectivity index (χ3n) is 3.70. The number of hydrogen-bond acceptors (Lipinski definition) is 3. The fraction of sp³-hybridized carbons (Fsp3) is 0.0625. The summed E-state index contributed by atoms with van der Waals surface area (Å²) in [6.07, 6.45) is 0. The molecule has 4 rings (SSSR count). The highest BCUT2D eigenvalue weighted by molar-refractivity contribution is 7.71. The van der Waals surface area contributed by atoms with Crippen molar-refractivity contribution in [3.05, 3.63) is 63.6 Å². The van der Waals surface area contributed by atoms with Crippen LogP contribution in [-0.2, 0) is 6.54 Å². The Kier molecular flexibility index (Phi) is 3.36. The molecule has 0 radical (unpaired) electrons. The zero-order valence-electron chi connectivity index (χ0n) is 11.8. The lowest BCUT2D eigenvalue weighted by Gasteiger charge is -2.07. The molecule has 0 fully saturated rings. The van der Waals surface area contributed by atoms with Gasteiger partial charge in [0.05, 0.1) is 5.52 Å². The Morgan fingerprint density at radius 3 is 2.74 bits per heavy atom. The molecule has 7 heteroatoms. The number of aromatic amines is 1. The van der Waals surface area contributed by atoms with Crippen LogP contribution in [0.4, 0.5) is 4.39 Å². The number of aromatic nitrogens is 4. The first-order valence-corrected chi connectivity index (χ1v) is 7.69. The second-order valence-electron chi connectivity index (χ2n) is 5.19. The van der Waals surface area contributed by atoms with Crippen molar-refractivity contribution in [2.45, 2.75) is 6.54 Å². The number of fused-ring (bicyclic) bond motifs is 3. The van der Waals surface area contributed by atoms with Gasteiger partial charge in [0.1, 0.15) is 11.3 Å². The van der Waals surface area contributed by atoms with Crippen LogP contribution < -0.4 is 0 Å². The highest BCUT2D eigenvalue weighted by Crippen LogP contribution is 2.27. The van der Waals surface area contributed by atoms with Crippen LogP contribution in [0.3, 0.4) is 0 Å². The molecule has 4 nitrogen and oxygen atoms in total. The maximum atomic E-state index is 13.6. The van der Waals surface area contributed by atoms with Gasteiger partial charge in [-0.2, -0.15) is 10.1 Å². The number of H-pyrrole nitrogens is 1. The van der Waals surface area contributed by atoms with E-state index in [4.69, 9.17) is 23.8 Å². The lowest BCUT2D eigenvalue weighted by molar-refractivity contribution is 0.629. The van der Waals surface area contributed by atoms with E-state index >= 15 is 0 Å². The van der Waals surface area contributed by atoms with E-state index in [1.165, 1.54) is 12.1 Å². The van der Waals surface area contributed by atoms with E-state index < -0.39 is 0 Å². The first-order valence-electron chi connectivity index (χ1n) is 6.90. The summed E-state index contributed by atoms with van der Waals surface area (Å²) in [5, 5.41) is 8.28. The van der Waals surface area contributed by atoms with E-state index in [0.29, 0.717) is 28.1 Å². The smallest absolute Gasteiger partial charge is 0.215 e. The SMILES string of the molecule is Fc1ccc2c(c1)c1n[nH]c(=S)nc1n2Cc1ccc(Cl)cc1. The molecule has 2 aromatic carbocycles. The van der Waals surface area contributed by atoms with Gasteiger partial charge in [0, 0.05) is 17.0 Å². The third kappa shape index (κ3) is 2.50. The molecule has 2 heterocycles. The summed E-state index contributed by atoms with van der Waals surface area (Å²) < 4.78 is 15.9. The van der Waals surface area contributed by atoms with Gasteiger partial charge in [-0.05, 0) is 48.1 Å². The maximum Gasteiger partial charge on any atom is 0.215 e. The molecule has 4 aromatic rings. The predicted molar refractivity (Wildman–Crippen MR) is 90.7 cm³/mol. The van der Waals surface area contributed by atoms with Crippen molar-refractivity contribution in [2.24, 2.45) is 0 Å². The maximum absolute atomic E-state index is 13.6. The Balaban J connectivity index is 2.00. The van der Waals surface area contributed by atoms with Crippen molar-refractivity contribution >= 4 is 45.9 Å². The van der Waals surface area contributed by atoms with Crippen LogP contribution in [0.2, 0.25) is 5.02 Å². The molecule has 2 aromatic heterocycles. The minimum absolute atomic E-state index is 0.290. The lowest BCUT2D eigenvalue weighted by atomic mass is 10.2. The summed E-state index contributed by atoms with van der Waals surface area (Å²) in [5.74, 6) is -0.313. The second-order valence-corrected chi connectivity index (χ2v) is 6.01. The summed E-state index contributed by atoms with van der Waals surface area (Å²) in [6.45, 7) is 0.566. The van der Waals surface area contributed by atoms with Crippen molar-refractivity contribution in [3.8, 4) is 0 Å². The Bertz CT molecular complexity index is 1090. The molecule has 114 valence electrons. The summed E-state index contributed by atoms with van der Waals surface area (Å²) in [4.78, 5) is 4.37. The fourth-order valence-electron chi connectivity index (χ4n) is 2.68. The third-order valence-corrected chi connectivity index (χ3v) is 4.13. The molecular weight excluding hydrogens is 335 g/mol. The number of rotatable bonds is 2. The molecule has 0 saturated carbocycles. The standard InChI is InChI=1S/C16H10ClFN4S/c17-10-3-1-9(2-4-10)8-22-13-6-5-11(18)7-12(13)14-15(22)19-16(23)21-20-14/h1-7H,8H2,(H,19,21,23). The van der Waals surface area contributed by atoms with Gasteiger partial charge in [-0.1, -0.05) is 23.7 Å². The van der Waals surface area contributed by atoms with Crippen molar-refractivity contribution in [1.29, 1.82) is 0 Å². The molecule has 0 bridgehead atoms. The van der Waals surface area contributed by atoms with Gasteiger partial charge < -0.3 is 4.57 Å². The first-order chi connectivity index (χ1) is 11.1. The molecule has 0 aliphatic heterocycles. The number of nitrogens with zero attached hydrogens (tertiary/aromatic N) is 3. The van der Waals surface area contributed by atoms with E-state index in [2.05, 4.69) is 15.2 Å². The van der Waals surface area contributed by atoms with Gasteiger partial charge in [-0.3, -0.25) is 5.10 Å². The highest BCUT2D eigenvalue weighted by atomic mass is 35.5. The quantitative estimate of drug-likeness (QED) is 0.545. The van der Waals surface area contributed by atoms with Crippen molar-refractivity contribution in [2.75, 3.05) is 0 Å². The first kappa shape index (κ1) is 14.3. The summed E-state index contributed by atoms with van der Waals surface area (Å²) in [6, 6.07) is 12.2. The Morgan fingerprint density at radius 2 is 1.96 bits per heavy atom. The minimum atomic E-state index is -0.313. The average molecular weight is 345 g/mol. The van der Waals surface area contributed by atoms with Crippen LogP contribution in [0.15, 0.2) is 42.5 Å².